The summed E-state index contributed by atoms with van der Waals surface area (Å²) >= 11 is 0. The SMILES string of the molecule is Cc1ccc(C(=O)CCC(=O)Nc2ccc(NC(C)C)nc2)cc1. The van der Waals surface area contributed by atoms with Gasteiger partial charge in [-0.05, 0) is 32.9 Å². The predicted octanol–water partition coefficient (Wildman–Crippen LogP) is 3.81. The molecule has 1 amide bonds. The Labute approximate surface area is 142 Å². The van der Waals surface area contributed by atoms with Crippen LogP contribution in [0.3, 0.4) is 0 Å². The van der Waals surface area contributed by atoms with Gasteiger partial charge in [0.2, 0.25) is 5.91 Å². The minimum atomic E-state index is -0.193. The molecule has 1 aromatic carbocycles. The van der Waals surface area contributed by atoms with Gasteiger partial charge in [0.15, 0.2) is 5.78 Å². The molecule has 1 aromatic heterocycles. The molecule has 0 atom stereocenters. The lowest BCUT2D eigenvalue weighted by atomic mass is 10.0. The molecule has 2 N–H and O–H groups in total. The minimum absolute atomic E-state index is 0.0280. The molecule has 5 nitrogen and oxygen atoms in total. The van der Waals surface area contributed by atoms with Crippen LogP contribution in [0.5, 0.6) is 0 Å². The van der Waals surface area contributed by atoms with E-state index in [1.807, 2.05) is 39.0 Å². The van der Waals surface area contributed by atoms with Crippen molar-refractivity contribution in [2.75, 3.05) is 10.6 Å². The van der Waals surface area contributed by atoms with Gasteiger partial charge in [0.1, 0.15) is 5.82 Å². The zero-order chi connectivity index (χ0) is 17.5. The molecule has 2 rings (SSSR count). The minimum Gasteiger partial charge on any atom is -0.368 e. The Morgan fingerprint density at radius 3 is 2.33 bits per heavy atom. The number of aryl methyl sites for hydroxylation is 1. The van der Waals surface area contributed by atoms with Gasteiger partial charge in [-0.1, -0.05) is 29.8 Å². The van der Waals surface area contributed by atoms with Crippen molar-refractivity contribution >= 4 is 23.2 Å². The summed E-state index contributed by atoms with van der Waals surface area (Å²) in [6, 6.07) is 11.3. The summed E-state index contributed by atoms with van der Waals surface area (Å²) in [5.74, 6) is 0.541. The van der Waals surface area contributed by atoms with Gasteiger partial charge in [-0.3, -0.25) is 9.59 Å². The Morgan fingerprint density at radius 1 is 1.04 bits per heavy atom. The van der Waals surface area contributed by atoms with E-state index in [2.05, 4.69) is 15.6 Å². The molecular weight excluding hydrogens is 302 g/mol. The van der Waals surface area contributed by atoms with E-state index in [-0.39, 0.29) is 24.5 Å². The smallest absolute Gasteiger partial charge is 0.224 e. The van der Waals surface area contributed by atoms with E-state index in [1.54, 1.807) is 24.4 Å². The van der Waals surface area contributed by atoms with Crippen LogP contribution in [0.2, 0.25) is 0 Å². The number of Topliss-reactive ketones (excluding diaryl/α,β-unsaturated/α-hetero) is 1. The van der Waals surface area contributed by atoms with Crippen LogP contribution >= 0.6 is 0 Å². The molecule has 5 heteroatoms. The van der Waals surface area contributed by atoms with E-state index in [0.717, 1.165) is 11.4 Å². The van der Waals surface area contributed by atoms with E-state index >= 15 is 0 Å². The third-order valence-electron chi connectivity index (χ3n) is 3.44. The highest BCUT2D eigenvalue weighted by Gasteiger charge is 2.09. The molecular formula is C19H23N3O2. The van der Waals surface area contributed by atoms with Crippen molar-refractivity contribution < 1.29 is 9.59 Å². The molecule has 0 fully saturated rings. The largest absolute Gasteiger partial charge is 0.368 e. The summed E-state index contributed by atoms with van der Waals surface area (Å²) in [6.45, 7) is 6.03. The van der Waals surface area contributed by atoms with Gasteiger partial charge >= 0.3 is 0 Å². The zero-order valence-corrected chi connectivity index (χ0v) is 14.3. The molecule has 0 saturated heterocycles. The van der Waals surface area contributed by atoms with E-state index in [0.29, 0.717) is 17.3 Å². The standard InChI is InChI=1S/C19H23N3O2/c1-13(2)21-18-10-8-16(12-20-18)22-19(24)11-9-17(23)15-6-4-14(3)5-7-15/h4-8,10,12-13H,9,11H2,1-3H3,(H,20,21)(H,22,24). The summed E-state index contributed by atoms with van der Waals surface area (Å²) < 4.78 is 0. The number of nitrogens with one attached hydrogen (secondary N) is 2. The molecule has 0 spiro atoms. The fraction of sp³-hybridized carbons (Fsp3) is 0.316. The summed E-state index contributed by atoms with van der Waals surface area (Å²) in [4.78, 5) is 28.2. The second-order valence-electron chi connectivity index (χ2n) is 6.07. The topological polar surface area (TPSA) is 71.1 Å². The number of benzene rings is 1. The Balaban J connectivity index is 1.82. The van der Waals surface area contributed by atoms with Gasteiger partial charge in [0.05, 0.1) is 11.9 Å². The van der Waals surface area contributed by atoms with E-state index < -0.39 is 0 Å². The molecule has 0 unspecified atom stereocenters. The third kappa shape index (κ3) is 5.50. The molecule has 126 valence electrons. The van der Waals surface area contributed by atoms with Crippen LogP contribution in [0.4, 0.5) is 11.5 Å². The number of rotatable bonds is 7. The van der Waals surface area contributed by atoms with Crippen molar-refractivity contribution in [1.82, 2.24) is 4.98 Å². The van der Waals surface area contributed by atoms with Crippen LogP contribution in [0.1, 0.15) is 42.6 Å². The maximum Gasteiger partial charge on any atom is 0.224 e. The first-order valence-corrected chi connectivity index (χ1v) is 8.06. The van der Waals surface area contributed by atoms with E-state index in [4.69, 9.17) is 0 Å². The molecule has 0 radical (unpaired) electrons. The Kier molecular flexibility index (Phi) is 6.07. The predicted molar refractivity (Wildman–Crippen MR) is 96.4 cm³/mol. The monoisotopic (exact) mass is 325 g/mol. The molecule has 0 bridgehead atoms. The number of nitrogens with zero attached hydrogens (tertiary/aromatic N) is 1. The second-order valence-corrected chi connectivity index (χ2v) is 6.07. The summed E-state index contributed by atoms with van der Waals surface area (Å²) in [6.07, 6.45) is 1.94. The zero-order valence-electron chi connectivity index (χ0n) is 14.3. The molecule has 1 heterocycles. The Morgan fingerprint density at radius 2 is 1.75 bits per heavy atom. The first kappa shape index (κ1) is 17.7. The first-order valence-electron chi connectivity index (χ1n) is 8.06. The van der Waals surface area contributed by atoms with Crippen molar-refractivity contribution in [3.8, 4) is 0 Å². The maximum atomic E-state index is 12.1. The van der Waals surface area contributed by atoms with Crippen LogP contribution in [0.25, 0.3) is 0 Å². The highest BCUT2D eigenvalue weighted by atomic mass is 16.2. The van der Waals surface area contributed by atoms with Crippen LogP contribution in [-0.4, -0.2) is 22.7 Å². The van der Waals surface area contributed by atoms with Gasteiger partial charge in [0.25, 0.3) is 0 Å². The van der Waals surface area contributed by atoms with Crippen molar-refractivity contribution in [3.63, 3.8) is 0 Å². The van der Waals surface area contributed by atoms with Crippen LogP contribution in [0.15, 0.2) is 42.6 Å². The number of carbonyl (C=O) groups is 2. The summed E-state index contributed by atoms with van der Waals surface area (Å²) in [5.41, 5.74) is 2.36. The Hall–Kier alpha value is -2.69. The van der Waals surface area contributed by atoms with Gasteiger partial charge in [-0.2, -0.15) is 0 Å². The lowest BCUT2D eigenvalue weighted by Crippen LogP contribution is -2.14. The van der Waals surface area contributed by atoms with Crippen molar-refractivity contribution in [2.45, 2.75) is 39.7 Å². The number of anilines is 2. The molecule has 2 aromatic rings. The van der Waals surface area contributed by atoms with Gasteiger partial charge in [-0.25, -0.2) is 4.98 Å². The average molecular weight is 325 g/mol. The Bertz CT molecular complexity index is 692. The van der Waals surface area contributed by atoms with Crippen molar-refractivity contribution in [1.29, 1.82) is 0 Å². The number of carbonyl (C=O) groups excluding carboxylic acids is 2. The summed E-state index contributed by atoms with van der Waals surface area (Å²) in [5, 5.41) is 5.94. The molecule has 0 aliphatic carbocycles. The summed E-state index contributed by atoms with van der Waals surface area (Å²) in [7, 11) is 0. The lowest BCUT2D eigenvalue weighted by Gasteiger charge is -2.10. The van der Waals surface area contributed by atoms with Gasteiger partial charge < -0.3 is 10.6 Å². The quantitative estimate of drug-likeness (QED) is 0.759. The van der Waals surface area contributed by atoms with Crippen molar-refractivity contribution in [2.24, 2.45) is 0 Å². The average Bonchev–Trinajstić information content (AvgIpc) is 2.54. The highest BCUT2D eigenvalue weighted by Crippen LogP contribution is 2.12. The number of aromatic nitrogens is 1. The van der Waals surface area contributed by atoms with Gasteiger partial charge in [-0.15, -0.1) is 0 Å². The van der Waals surface area contributed by atoms with Gasteiger partial charge in [0, 0.05) is 24.4 Å². The van der Waals surface area contributed by atoms with Crippen LogP contribution < -0.4 is 10.6 Å². The van der Waals surface area contributed by atoms with E-state index in [9.17, 15) is 9.59 Å². The number of hydrogen-bond acceptors (Lipinski definition) is 4. The molecule has 0 saturated carbocycles. The number of amides is 1. The van der Waals surface area contributed by atoms with E-state index in [1.165, 1.54) is 0 Å². The number of pyridine rings is 1. The van der Waals surface area contributed by atoms with Crippen LogP contribution in [-0.2, 0) is 4.79 Å². The highest BCUT2D eigenvalue weighted by molar-refractivity contribution is 6.00. The molecule has 0 aliphatic heterocycles. The maximum absolute atomic E-state index is 12.1. The fourth-order valence-electron chi connectivity index (χ4n) is 2.18. The van der Waals surface area contributed by atoms with Crippen LogP contribution in [0, 0.1) is 6.92 Å². The normalized spacial score (nSPS) is 10.5. The number of ketones is 1. The van der Waals surface area contributed by atoms with Crippen molar-refractivity contribution in [3.05, 3.63) is 53.7 Å². The number of hydrogen-bond donors (Lipinski definition) is 2. The third-order valence-corrected chi connectivity index (χ3v) is 3.44. The fourth-order valence-corrected chi connectivity index (χ4v) is 2.18. The molecule has 24 heavy (non-hydrogen) atoms. The lowest BCUT2D eigenvalue weighted by molar-refractivity contribution is -0.116. The first-order chi connectivity index (χ1) is 11.4. The second kappa shape index (κ2) is 8.24. The molecule has 0 aliphatic rings.